The van der Waals surface area contributed by atoms with Crippen LogP contribution in [0.1, 0.15) is 33.6 Å². The third-order valence-electron chi connectivity index (χ3n) is 3.35. The Hall–Kier alpha value is -0.610. The molecule has 1 aliphatic heterocycles. The molecule has 1 heterocycles. The van der Waals surface area contributed by atoms with Crippen LogP contribution in [0.2, 0.25) is 0 Å². The topological polar surface area (TPSA) is 47.6 Å². The first kappa shape index (κ1) is 13.5. The van der Waals surface area contributed by atoms with Gasteiger partial charge in [-0.25, -0.2) is 0 Å². The summed E-state index contributed by atoms with van der Waals surface area (Å²) >= 11 is 0. The van der Waals surface area contributed by atoms with Crippen molar-refractivity contribution in [2.75, 3.05) is 26.8 Å². The van der Waals surface area contributed by atoms with Crippen molar-refractivity contribution in [3.8, 4) is 0 Å². The quantitative estimate of drug-likeness (QED) is 0.723. The Morgan fingerprint density at radius 3 is 2.69 bits per heavy atom. The maximum atomic E-state index is 11.8. The number of esters is 1. The van der Waals surface area contributed by atoms with Crippen molar-refractivity contribution in [2.24, 2.45) is 5.41 Å². The van der Waals surface area contributed by atoms with Gasteiger partial charge in [0.2, 0.25) is 0 Å². The van der Waals surface area contributed by atoms with Gasteiger partial charge in [0.25, 0.3) is 0 Å². The standard InChI is InChI=1S/C12H23NO3/c1-11(2,15-4)6-8-16-10(14)12(3)5-7-13-9-12/h13H,5-9H2,1-4H3. The summed E-state index contributed by atoms with van der Waals surface area (Å²) in [6.45, 7) is 7.97. The fraction of sp³-hybridized carbons (Fsp3) is 0.917. The molecular formula is C12H23NO3. The van der Waals surface area contributed by atoms with Gasteiger partial charge in [-0.2, -0.15) is 0 Å². The molecule has 1 saturated heterocycles. The zero-order valence-corrected chi connectivity index (χ0v) is 10.8. The van der Waals surface area contributed by atoms with Crippen LogP contribution in [0.25, 0.3) is 0 Å². The maximum Gasteiger partial charge on any atom is 0.313 e. The van der Waals surface area contributed by atoms with Crippen molar-refractivity contribution in [3.63, 3.8) is 0 Å². The van der Waals surface area contributed by atoms with Crippen LogP contribution in [0.3, 0.4) is 0 Å². The van der Waals surface area contributed by atoms with Gasteiger partial charge >= 0.3 is 5.97 Å². The van der Waals surface area contributed by atoms with Crippen molar-refractivity contribution in [1.29, 1.82) is 0 Å². The lowest BCUT2D eigenvalue weighted by atomic mass is 9.90. The first-order chi connectivity index (χ1) is 7.40. The summed E-state index contributed by atoms with van der Waals surface area (Å²) < 4.78 is 10.6. The number of hydrogen-bond acceptors (Lipinski definition) is 4. The number of hydrogen-bond donors (Lipinski definition) is 1. The van der Waals surface area contributed by atoms with Crippen LogP contribution in [0.15, 0.2) is 0 Å². The molecule has 1 fully saturated rings. The fourth-order valence-corrected chi connectivity index (χ4v) is 1.66. The number of nitrogens with one attached hydrogen (secondary N) is 1. The molecule has 0 aromatic heterocycles. The van der Waals surface area contributed by atoms with Crippen LogP contribution < -0.4 is 5.32 Å². The Morgan fingerprint density at radius 1 is 1.50 bits per heavy atom. The van der Waals surface area contributed by atoms with Gasteiger partial charge in [-0.3, -0.25) is 4.79 Å². The van der Waals surface area contributed by atoms with Gasteiger partial charge in [-0.15, -0.1) is 0 Å². The fourth-order valence-electron chi connectivity index (χ4n) is 1.66. The normalized spacial score (nSPS) is 25.8. The molecule has 4 heteroatoms. The lowest BCUT2D eigenvalue weighted by molar-refractivity contribution is -0.155. The molecule has 1 N–H and O–H groups in total. The molecule has 0 aromatic rings. The van der Waals surface area contributed by atoms with E-state index in [-0.39, 0.29) is 17.0 Å². The molecule has 1 aliphatic rings. The zero-order valence-electron chi connectivity index (χ0n) is 10.8. The largest absolute Gasteiger partial charge is 0.465 e. The van der Waals surface area contributed by atoms with Gasteiger partial charge < -0.3 is 14.8 Å². The third-order valence-corrected chi connectivity index (χ3v) is 3.35. The molecule has 0 radical (unpaired) electrons. The second-order valence-electron chi connectivity index (χ2n) is 5.34. The molecule has 0 aliphatic carbocycles. The molecule has 0 bridgehead atoms. The third kappa shape index (κ3) is 3.46. The van der Waals surface area contributed by atoms with Gasteiger partial charge in [0.15, 0.2) is 0 Å². The van der Waals surface area contributed by atoms with E-state index in [0.717, 1.165) is 25.9 Å². The molecule has 1 atom stereocenters. The minimum absolute atomic E-state index is 0.0931. The van der Waals surface area contributed by atoms with Crippen LogP contribution in [0.4, 0.5) is 0 Å². The molecule has 4 nitrogen and oxygen atoms in total. The zero-order chi connectivity index (χ0) is 12.2. The first-order valence-corrected chi connectivity index (χ1v) is 5.83. The van der Waals surface area contributed by atoms with Crippen molar-refractivity contribution in [2.45, 2.75) is 39.2 Å². The van der Waals surface area contributed by atoms with Crippen LogP contribution in [0.5, 0.6) is 0 Å². The molecule has 0 amide bonds. The summed E-state index contributed by atoms with van der Waals surface area (Å²) in [4.78, 5) is 11.8. The minimum Gasteiger partial charge on any atom is -0.465 e. The van der Waals surface area contributed by atoms with E-state index >= 15 is 0 Å². The summed E-state index contributed by atoms with van der Waals surface area (Å²) in [5.74, 6) is -0.0931. The highest BCUT2D eigenvalue weighted by molar-refractivity contribution is 5.77. The number of rotatable bonds is 5. The van der Waals surface area contributed by atoms with Crippen LogP contribution >= 0.6 is 0 Å². The summed E-state index contributed by atoms with van der Waals surface area (Å²) in [6, 6.07) is 0. The lowest BCUT2D eigenvalue weighted by Gasteiger charge is -2.24. The first-order valence-electron chi connectivity index (χ1n) is 5.83. The summed E-state index contributed by atoms with van der Waals surface area (Å²) in [7, 11) is 1.67. The summed E-state index contributed by atoms with van der Waals surface area (Å²) in [5, 5.41) is 3.19. The predicted molar refractivity (Wildman–Crippen MR) is 62.3 cm³/mol. The lowest BCUT2D eigenvalue weighted by Crippen LogP contribution is -2.33. The number of carbonyl (C=O) groups is 1. The van der Waals surface area contributed by atoms with Crippen LogP contribution in [-0.2, 0) is 14.3 Å². The van der Waals surface area contributed by atoms with Crippen LogP contribution in [0, 0.1) is 5.41 Å². The highest BCUT2D eigenvalue weighted by Crippen LogP contribution is 2.26. The molecule has 1 rings (SSSR count). The van der Waals surface area contributed by atoms with Crippen LogP contribution in [-0.4, -0.2) is 38.4 Å². The van der Waals surface area contributed by atoms with Crippen molar-refractivity contribution in [1.82, 2.24) is 5.32 Å². The Labute approximate surface area is 97.7 Å². The molecule has 0 saturated carbocycles. The molecule has 0 aromatic carbocycles. The number of carbonyl (C=O) groups excluding carboxylic acids is 1. The number of methoxy groups -OCH3 is 1. The van der Waals surface area contributed by atoms with Gasteiger partial charge in [0.1, 0.15) is 0 Å². The summed E-state index contributed by atoms with van der Waals surface area (Å²) in [6.07, 6.45) is 1.58. The SMILES string of the molecule is COC(C)(C)CCOC(=O)C1(C)CCNC1. The van der Waals surface area contributed by atoms with Gasteiger partial charge in [0.05, 0.1) is 17.6 Å². The Kier molecular flexibility index (Phi) is 4.33. The van der Waals surface area contributed by atoms with Crippen molar-refractivity contribution < 1.29 is 14.3 Å². The van der Waals surface area contributed by atoms with E-state index < -0.39 is 0 Å². The number of ether oxygens (including phenoxy) is 2. The second-order valence-corrected chi connectivity index (χ2v) is 5.34. The Bertz CT molecular complexity index is 245. The summed E-state index contributed by atoms with van der Waals surface area (Å²) in [5.41, 5.74) is -0.563. The molecule has 1 unspecified atom stereocenters. The highest BCUT2D eigenvalue weighted by Gasteiger charge is 2.37. The molecular weight excluding hydrogens is 206 g/mol. The van der Waals surface area contributed by atoms with E-state index in [1.54, 1.807) is 7.11 Å². The predicted octanol–water partition coefficient (Wildman–Crippen LogP) is 1.34. The van der Waals surface area contributed by atoms with E-state index in [1.807, 2.05) is 20.8 Å². The highest BCUT2D eigenvalue weighted by atomic mass is 16.5. The molecule has 94 valence electrons. The van der Waals surface area contributed by atoms with E-state index in [0.29, 0.717) is 6.61 Å². The van der Waals surface area contributed by atoms with Crippen molar-refractivity contribution >= 4 is 5.97 Å². The van der Waals surface area contributed by atoms with Gasteiger partial charge in [-0.05, 0) is 33.7 Å². The Morgan fingerprint density at radius 2 is 2.19 bits per heavy atom. The minimum atomic E-state index is -0.336. The average molecular weight is 229 g/mol. The van der Waals surface area contributed by atoms with E-state index in [1.165, 1.54) is 0 Å². The maximum absolute atomic E-state index is 11.8. The average Bonchev–Trinajstić information content (AvgIpc) is 2.66. The van der Waals surface area contributed by atoms with Crippen molar-refractivity contribution in [3.05, 3.63) is 0 Å². The molecule has 0 spiro atoms. The second kappa shape index (κ2) is 5.15. The van der Waals surface area contributed by atoms with Gasteiger partial charge in [-0.1, -0.05) is 0 Å². The smallest absolute Gasteiger partial charge is 0.313 e. The Balaban J connectivity index is 2.30. The monoisotopic (exact) mass is 229 g/mol. The van der Waals surface area contributed by atoms with E-state index in [9.17, 15) is 4.79 Å². The van der Waals surface area contributed by atoms with Gasteiger partial charge in [0, 0.05) is 20.1 Å². The van der Waals surface area contributed by atoms with E-state index in [4.69, 9.17) is 9.47 Å². The molecule has 16 heavy (non-hydrogen) atoms. The van der Waals surface area contributed by atoms with E-state index in [2.05, 4.69) is 5.32 Å².